The fourth-order valence-corrected chi connectivity index (χ4v) is 4.34. The fraction of sp³-hybridized carbons (Fsp3) is 0.0909. The summed E-state index contributed by atoms with van der Waals surface area (Å²) in [7, 11) is 0. The molecule has 0 saturated carbocycles. The molecule has 4 rings (SSSR count). The second-order valence-electron chi connectivity index (χ2n) is 6.40. The Kier molecular flexibility index (Phi) is 4.94. The topological polar surface area (TPSA) is 77.5 Å². The largest absolute Gasteiger partial charge is 0.305 e. The van der Waals surface area contributed by atoms with Crippen LogP contribution in [0.15, 0.2) is 65.7 Å². The minimum atomic E-state index is -0.451. The molecule has 0 radical (unpaired) electrons. The first kappa shape index (κ1) is 18.6. The molecule has 0 saturated heterocycles. The molecule has 0 aliphatic carbocycles. The molecule has 3 aromatic carbocycles. The third-order valence-electron chi connectivity index (χ3n) is 4.57. The normalized spacial score (nSPS) is 11.6. The molecule has 0 aliphatic heterocycles. The number of carbonyl (C=O) groups is 1. The predicted molar refractivity (Wildman–Crippen MR) is 114 cm³/mol. The van der Waals surface area contributed by atoms with Gasteiger partial charge < -0.3 is 4.57 Å². The number of aromatic nitrogens is 1. The van der Waals surface area contributed by atoms with Gasteiger partial charge in [0, 0.05) is 12.1 Å². The van der Waals surface area contributed by atoms with E-state index in [-0.39, 0.29) is 24.6 Å². The van der Waals surface area contributed by atoms with Gasteiger partial charge in [0.15, 0.2) is 4.80 Å². The first-order valence-electron chi connectivity index (χ1n) is 8.82. The minimum Gasteiger partial charge on any atom is -0.305 e. The van der Waals surface area contributed by atoms with E-state index in [0.717, 1.165) is 21.9 Å². The second-order valence-corrected chi connectivity index (χ2v) is 7.41. The Morgan fingerprint density at radius 1 is 1.17 bits per heavy atom. The minimum absolute atomic E-state index is 0.0137. The Bertz CT molecular complexity index is 1370. The number of amides is 1. The number of thiazole rings is 1. The Balaban J connectivity index is 1.76. The van der Waals surface area contributed by atoms with Crippen molar-refractivity contribution in [2.45, 2.75) is 13.0 Å². The van der Waals surface area contributed by atoms with Crippen molar-refractivity contribution >= 4 is 43.9 Å². The van der Waals surface area contributed by atoms with Crippen LogP contribution >= 0.6 is 11.3 Å². The lowest BCUT2D eigenvalue weighted by Crippen LogP contribution is -2.17. The Hall–Kier alpha value is -3.76. The summed E-state index contributed by atoms with van der Waals surface area (Å²) >= 11 is 1.21. The molecule has 142 valence electrons. The third-order valence-corrected chi connectivity index (χ3v) is 5.61. The molecule has 1 heterocycles. The van der Waals surface area contributed by atoms with Crippen LogP contribution in [-0.4, -0.2) is 15.4 Å². The Morgan fingerprint density at radius 3 is 2.76 bits per heavy atom. The summed E-state index contributed by atoms with van der Waals surface area (Å²) in [5, 5.41) is 13.1. The average Bonchev–Trinajstić information content (AvgIpc) is 3.04. The molecule has 0 unspecified atom stereocenters. The number of nitro benzene ring substituents is 1. The molecule has 29 heavy (non-hydrogen) atoms. The van der Waals surface area contributed by atoms with E-state index in [2.05, 4.69) is 10.9 Å². The average molecular weight is 401 g/mol. The molecular weight excluding hydrogens is 386 g/mol. The first-order valence-corrected chi connectivity index (χ1v) is 9.64. The quantitative estimate of drug-likeness (QED) is 0.294. The summed E-state index contributed by atoms with van der Waals surface area (Å²) in [5.74, 6) is 2.25. The molecule has 0 fully saturated rings. The Labute approximate surface area is 169 Å². The summed E-state index contributed by atoms with van der Waals surface area (Å²) in [4.78, 5) is 28.0. The Morgan fingerprint density at radius 2 is 1.97 bits per heavy atom. The summed E-state index contributed by atoms with van der Waals surface area (Å²) in [6.45, 7) is 0.220. The monoisotopic (exact) mass is 401 g/mol. The van der Waals surface area contributed by atoms with Gasteiger partial charge in [0.25, 0.3) is 11.6 Å². The zero-order valence-electron chi connectivity index (χ0n) is 15.2. The van der Waals surface area contributed by atoms with Crippen molar-refractivity contribution in [1.82, 2.24) is 4.57 Å². The van der Waals surface area contributed by atoms with Crippen molar-refractivity contribution in [3.63, 3.8) is 0 Å². The van der Waals surface area contributed by atoms with Gasteiger partial charge in [0.05, 0.1) is 28.1 Å². The molecular formula is C22H15N3O3S. The number of benzene rings is 3. The van der Waals surface area contributed by atoms with Crippen LogP contribution in [0.3, 0.4) is 0 Å². The maximum atomic E-state index is 12.7. The van der Waals surface area contributed by atoms with Gasteiger partial charge in [-0.05, 0) is 22.4 Å². The van der Waals surface area contributed by atoms with E-state index in [1.807, 2.05) is 42.5 Å². The highest BCUT2D eigenvalue weighted by atomic mass is 32.1. The van der Waals surface area contributed by atoms with Crippen molar-refractivity contribution < 1.29 is 9.72 Å². The lowest BCUT2D eigenvalue weighted by Gasteiger charge is -2.04. The standard InChI is InChI=1S/C22H15N3O3S/c1-2-12-24-19-11-10-17(25(27)28)14-20(19)29-22(24)23-21(26)13-16-8-5-7-15-6-3-4-9-18(15)16/h1,3-11,14H,12-13H2. The van der Waals surface area contributed by atoms with Gasteiger partial charge in [-0.25, -0.2) is 0 Å². The number of terminal acetylenes is 1. The number of hydrogen-bond donors (Lipinski definition) is 0. The summed E-state index contributed by atoms with van der Waals surface area (Å²) in [6.07, 6.45) is 5.63. The van der Waals surface area contributed by atoms with Crippen LogP contribution < -0.4 is 4.80 Å². The van der Waals surface area contributed by atoms with Crippen molar-refractivity contribution in [1.29, 1.82) is 0 Å². The zero-order chi connectivity index (χ0) is 20.4. The lowest BCUT2D eigenvalue weighted by molar-refractivity contribution is -0.384. The van der Waals surface area contributed by atoms with E-state index >= 15 is 0 Å². The van der Waals surface area contributed by atoms with Crippen LogP contribution in [0.5, 0.6) is 0 Å². The number of nitro groups is 1. The van der Waals surface area contributed by atoms with Gasteiger partial charge in [-0.15, -0.1) is 6.42 Å². The maximum Gasteiger partial charge on any atom is 0.270 e. The molecule has 6 nitrogen and oxygen atoms in total. The van der Waals surface area contributed by atoms with Crippen LogP contribution in [0.1, 0.15) is 5.56 Å². The number of hydrogen-bond acceptors (Lipinski definition) is 4. The SMILES string of the molecule is C#CCn1c(=NC(=O)Cc2cccc3ccccc23)sc2cc([N+](=O)[O-])ccc21. The van der Waals surface area contributed by atoms with Gasteiger partial charge in [-0.3, -0.25) is 14.9 Å². The fourth-order valence-electron chi connectivity index (χ4n) is 3.26. The van der Waals surface area contributed by atoms with Gasteiger partial charge >= 0.3 is 0 Å². The highest BCUT2D eigenvalue weighted by Gasteiger charge is 2.13. The first-order chi connectivity index (χ1) is 14.1. The van der Waals surface area contributed by atoms with E-state index in [4.69, 9.17) is 6.42 Å². The molecule has 0 atom stereocenters. The van der Waals surface area contributed by atoms with Crippen molar-refractivity contribution in [3.8, 4) is 12.3 Å². The highest BCUT2D eigenvalue weighted by molar-refractivity contribution is 7.16. The summed E-state index contributed by atoms with van der Waals surface area (Å²) in [5.41, 5.74) is 1.60. The van der Waals surface area contributed by atoms with E-state index in [9.17, 15) is 14.9 Å². The number of non-ortho nitro benzene ring substituents is 1. The third kappa shape index (κ3) is 3.66. The molecule has 0 spiro atoms. The molecule has 7 heteroatoms. The second kappa shape index (κ2) is 7.70. The van der Waals surface area contributed by atoms with Gasteiger partial charge in [-0.2, -0.15) is 4.99 Å². The number of fused-ring (bicyclic) bond motifs is 2. The summed E-state index contributed by atoms with van der Waals surface area (Å²) in [6, 6.07) is 18.2. The van der Waals surface area contributed by atoms with Crippen molar-refractivity contribution in [2.24, 2.45) is 4.99 Å². The molecule has 0 bridgehead atoms. The van der Waals surface area contributed by atoms with Gasteiger partial charge in [-0.1, -0.05) is 59.7 Å². The number of carbonyl (C=O) groups excluding carboxylic acids is 1. The van der Waals surface area contributed by atoms with Crippen molar-refractivity contribution in [2.75, 3.05) is 0 Å². The van der Waals surface area contributed by atoms with Gasteiger partial charge in [0.2, 0.25) is 0 Å². The molecule has 0 aliphatic rings. The number of rotatable bonds is 4. The molecule has 1 aromatic heterocycles. The van der Waals surface area contributed by atoms with E-state index < -0.39 is 4.92 Å². The van der Waals surface area contributed by atoms with Crippen molar-refractivity contribution in [3.05, 3.63) is 81.1 Å². The van der Waals surface area contributed by atoms with Crippen LogP contribution in [0.2, 0.25) is 0 Å². The zero-order valence-corrected chi connectivity index (χ0v) is 16.1. The van der Waals surface area contributed by atoms with Crippen LogP contribution in [0, 0.1) is 22.5 Å². The van der Waals surface area contributed by atoms with Crippen LogP contribution in [0.25, 0.3) is 21.0 Å². The highest BCUT2D eigenvalue weighted by Crippen LogP contribution is 2.23. The maximum absolute atomic E-state index is 12.7. The van der Waals surface area contributed by atoms with E-state index in [0.29, 0.717) is 9.50 Å². The smallest absolute Gasteiger partial charge is 0.270 e. The molecule has 1 amide bonds. The van der Waals surface area contributed by atoms with Crippen LogP contribution in [0.4, 0.5) is 5.69 Å². The predicted octanol–water partition coefficient (Wildman–Crippen LogP) is 4.07. The van der Waals surface area contributed by atoms with Gasteiger partial charge in [0.1, 0.15) is 0 Å². The van der Waals surface area contributed by atoms with E-state index in [1.165, 1.54) is 23.5 Å². The molecule has 4 aromatic rings. The van der Waals surface area contributed by atoms with Crippen LogP contribution in [-0.2, 0) is 17.8 Å². The number of nitrogens with zero attached hydrogens (tertiary/aromatic N) is 3. The summed E-state index contributed by atoms with van der Waals surface area (Å²) < 4.78 is 2.39. The molecule has 0 N–H and O–H groups in total. The van der Waals surface area contributed by atoms with E-state index in [1.54, 1.807) is 10.6 Å². The lowest BCUT2D eigenvalue weighted by atomic mass is 10.0.